The fourth-order valence-electron chi connectivity index (χ4n) is 1.56. The highest BCUT2D eigenvalue weighted by Crippen LogP contribution is 2.33. The van der Waals surface area contributed by atoms with Gasteiger partial charge in [0.05, 0.1) is 15.2 Å². The SMILES string of the molecule is O=C1NCCCN1c1cccc(Cl)c1Br. The number of carbonyl (C=O) groups is 1. The second-order valence-electron chi connectivity index (χ2n) is 3.31. The van der Waals surface area contributed by atoms with Gasteiger partial charge in [-0.2, -0.15) is 0 Å². The highest BCUT2D eigenvalue weighted by molar-refractivity contribution is 9.10. The van der Waals surface area contributed by atoms with Crippen molar-refractivity contribution in [3.63, 3.8) is 0 Å². The molecule has 5 heteroatoms. The second-order valence-corrected chi connectivity index (χ2v) is 4.51. The van der Waals surface area contributed by atoms with Gasteiger partial charge in [-0.3, -0.25) is 4.90 Å². The number of nitrogens with one attached hydrogen (secondary N) is 1. The Morgan fingerprint density at radius 2 is 2.27 bits per heavy atom. The number of nitrogens with zero attached hydrogens (tertiary/aromatic N) is 1. The molecular formula is C10H10BrClN2O. The van der Waals surface area contributed by atoms with Gasteiger partial charge < -0.3 is 5.32 Å². The largest absolute Gasteiger partial charge is 0.338 e. The maximum absolute atomic E-state index is 11.6. The van der Waals surface area contributed by atoms with Gasteiger partial charge in [-0.05, 0) is 34.5 Å². The van der Waals surface area contributed by atoms with Gasteiger partial charge in [0.2, 0.25) is 0 Å². The Balaban J connectivity index is 2.35. The van der Waals surface area contributed by atoms with Crippen molar-refractivity contribution in [3.05, 3.63) is 27.7 Å². The Bertz CT molecular complexity index is 397. The molecular weight excluding hydrogens is 279 g/mol. The average Bonchev–Trinajstić information content (AvgIpc) is 2.23. The predicted octanol–water partition coefficient (Wildman–Crippen LogP) is 3.02. The van der Waals surface area contributed by atoms with Crippen molar-refractivity contribution in [2.45, 2.75) is 6.42 Å². The third kappa shape index (κ3) is 2.11. The van der Waals surface area contributed by atoms with Gasteiger partial charge >= 0.3 is 6.03 Å². The molecule has 15 heavy (non-hydrogen) atoms. The summed E-state index contributed by atoms with van der Waals surface area (Å²) in [7, 11) is 0. The van der Waals surface area contributed by atoms with E-state index in [4.69, 9.17) is 11.6 Å². The third-order valence-electron chi connectivity index (χ3n) is 2.30. The fourth-order valence-corrected chi connectivity index (χ4v) is 2.21. The summed E-state index contributed by atoms with van der Waals surface area (Å²) in [6.07, 6.45) is 0.949. The van der Waals surface area contributed by atoms with Crippen molar-refractivity contribution < 1.29 is 4.79 Å². The Labute approximate surface area is 102 Å². The summed E-state index contributed by atoms with van der Waals surface area (Å²) in [6, 6.07) is 5.44. The van der Waals surface area contributed by atoms with Gasteiger partial charge in [0.1, 0.15) is 0 Å². The molecule has 1 aromatic rings. The van der Waals surface area contributed by atoms with Crippen molar-refractivity contribution in [2.24, 2.45) is 0 Å². The number of carbonyl (C=O) groups excluding carboxylic acids is 1. The number of halogens is 2. The number of anilines is 1. The first-order chi connectivity index (χ1) is 7.20. The zero-order chi connectivity index (χ0) is 10.8. The lowest BCUT2D eigenvalue weighted by Gasteiger charge is -2.28. The monoisotopic (exact) mass is 288 g/mol. The van der Waals surface area contributed by atoms with E-state index in [-0.39, 0.29) is 6.03 Å². The van der Waals surface area contributed by atoms with E-state index in [0.717, 1.165) is 29.7 Å². The van der Waals surface area contributed by atoms with E-state index in [9.17, 15) is 4.79 Å². The smallest absolute Gasteiger partial charge is 0.321 e. The predicted molar refractivity (Wildman–Crippen MR) is 64.5 cm³/mol. The van der Waals surface area contributed by atoms with E-state index in [1.54, 1.807) is 11.0 Å². The Morgan fingerprint density at radius 1 is 1.47 bits per heavy atom. The average molecular weight is 290 g/mol. The molecule has 0 aliphatic carbocycles. The summed E-state index contributed by atoms with van der Waals surface area (Å²) in [6.45, 7) is 1.47. The molecule has 0 unspecified atom stereocenters. The summed E-state index contributed by atoms with van der Waals surface area (Å²) in [5, 5.41) is 3.42. The summed E-state index contributed by atoms with van der Waals surface area (Å²) in [5.74, 6) is 0. The molecule has 1 heterocycles. The van der Waals surface area contributed by atoms with E-state index < -0.39 is 0 Å². The van der Waals surface area contributed by atoms with Crippen LogP contribution < -0.4 is 10.2 Å². The first-order valence-corrected chi connectivity index (χ1v) is 5.86. The van der Waals surface area contributed by atoms with Crippen molar-refractivity contribution in [1.82, 2.24) is 5.32 Å². The summed E-state index contributed by atoms with van der Waals surface area (Å²) in [4.78, 5) is 13.3. The molecule has 2 rings (SSSR count). The second kappa shape index (κ2) is 4.41. The Kier molecular flexibility index (Phi) is 3.17. The molecule has 0 bridgehead atoms. The van der Waals surface area contributed by atoms with Crippen LogP contribution >= 0.6 is 27.5 Å². The van der Waals surface area contributed by atoms with Gasteiger partial charge in [-0.25, -0.2) is 4.79 Å². The molecule has 0 atom stereocenters. The lowest BCUT2D eigenvalue weighted by molar-refractivity contribution is 0.243. The normalized spacial score (nSPS) is 16.4. The molecule has 3 nitrogen and oxygen atoms in total. The van der Waals surface area contributed by atoms with Gasteiger partial charge in [0.15, 0.2) is 0 Å². The van der Waals surface area contributed by atoms with Crippen LogP contribution in [0.1, 0.15) is 6.42 Å². The number of benzene rings is 1. The Morgan fingerprint density at radius 3 is 3.00 bits per heavy atom. The lowest BCUT2D eigenvalue weighted by Crippen LogP contribution is -2.46. The molecule has 1 saturated heterocycles. The van der Waals surface area contributed by atoms with Crippen LogP contribution in [0, 0.1) is 0 Å². The number of hydrogen-bond acceptors (Lipinski definition) is 1. The van der Waals surface area contributed by atoms with E-state index in [1.165, 1.54) is 0 Å². The molecule has 0 spiro atoms. The van der Waals surface area contributed by atoms with Gasteiger partial charge in [-0.15, -0.1) is 0 Å². The van der Waals surface area contributed by atoms with Crippen molar-refractivity contribution in [1.29, 1.82) is 0 Å². The molecule has 1 fully saturated rings. The zero-order valence-electron chi connectivity index (χ0n) is 7.96. The topological polar surface area (TPSA) is 32.3 Å². The van der Waals surface area contributed by atoms with E-state index in [2.05, 4.69) is 21.2 Å². The first kappa shape index (κ1) is 10.8. The van der Waals surface area contributed by atoms with Gasteiger partial charge in [0.25, 0.3) is 0 Å². The van der Waals surface area contributed by atoms with Crippen LogP contribution in [0.3, 0.4) is 0 Å². The number of urea groups is 1. The van der Waals surface area contributed by atoms with Crippen molar-refractivity contribution >= 4 is 39.2 Å². The molecule has 80 valence electrons. The van der Waals surface area contributed by atoms with Crippen LogP contribution in [0.25, 0.3) is 0 Å². The summed E-state index contributed by atoms with van der Waals surface area (Å²) in [5.41, 5.74) is 0.819. The van der Waals surface area contributed by atoms with Gasteiger partial charge in [0, 0.05) is 13.1 Å². The van der Waals surface area contributed by atoms with Gasteiger partial charge in [-0.1, -0.05) is 17.7 Å². The van der Waals surface area contributed by atoms with Crippen molar-refractivity contribution in [2.75, 3.05) is 18.0 Å². The minimum Gasteiger partial charge on any atom is -0.338 e. The summed E-state index contributed by atoms with van der Waals surface area (Å²) >= 11 is 9.37. The molecule has 1 aliphatic rings. The maximum atomic E-state index is 11.6. The number of hydrogen-bond donors (Lipinski definition) is 1. The van der Waals surface area contributed by atoms with E-state index in [1.807, 2.05) is 12.1 Å². The quantitative estimate of drug-likeness (QED) is 0.847. The molecule has 1 N–H and O–H groups in total. The standard InChI is InChI=1S/C10H10BrClN2O/c11-9-7(12)3-1-4-8(9)14-6-2-5-13-10(14)15/h1,3-4H,2,5-6H2,(H,13,15). The zero-order valence-corrected chi connectivity index (χ0v) is 10.3. The minimum atomic E-state index is -0.0655. The highest BCUT2D eigenvalue weighted by atomic mass is 79.9. The summed E-state index contributed by atoms with van der Waals surface area (Å²) < 4.78 is 0.767. The van der Waals surface area contributed by atoms with Crippen LogP contribution in [-0.4, -0.2) is 19.1 Å². The first-order valence-electron chi connectivity index (χ1n) is 4.69. The van der Waals surface area contributed by atoms with Crippen molar-refractivity contribution in [3.8, 4) is 0 Å². The number of rotatable bonds is 1. The van der Waals surface area contributed by atoms with E-state index in [0.29, 0.717) is 5.02 Å². The third-order valence-corrected chi connectivity index (χ3v) is 3.68. The molecule has 0 radical (unpaired) electrons. The van der Waals surface area contributed by atoms with Crippen LogP contribution in [0.5, 0.6) is 0 Å². The fraction of sp³-hybridized carbons (Fsp3) is 0.300. The van der Waals surface area contributed by atoms with Crippen LogP contribution in [0.15, 0.2) is 22.7 Å². The minimum absolute atomic E-state index is 0.0655. The molecule has 1 aromatic carbocycles. The molecule has 1 aliphatic heterocycles. The van der Waals surface area contributed by atoms with Crippen LogP contribution in [-0.2, 0) is 0 Å². The maximum Gasteiger partial charge on any atom is 0.321 e. The highest BCUT2D eigenvalue weighted by Gasteiger charge is 2.21. The molecule has 0 aromatic heterocycles. The van der Waals surface area contributed by atoms with Crippen LogP contribution in [0.2, 0.25) is 5.02 Å². The Hall–Kier alpha value is -0.740. The molecule has 0 saturated carbocycles. The lowest BCUT2D eigenvalue weighted by atomic mass is 10.2. The molecule has 2 amide bonds. The van der Waals surface area contributed by atoms with Crippen LogP contribution in [0.4, 0.5) is 10.5 Å². The van der Waals surface area contributed by atoms with E-state index >= 15 is 0 Å². The number of amides is 2.